The highest BCUT2D eigenvalue weighted by molar-refractivity contribution is 5.84. The molecule has 110 valence electrons. The van der Waals surface area contributed by atoms with Crippen molar-refractivity contribution in [2.24, 2.45) is 0 Å². The number of pyridine rings is 1. The molecular weight excluding hydrogens is 258 g/mol. The smallest absolute Gasteiger partial charge is 0.129 e. The Hall–Kier alpha value is -1.61. The van der Waals surface area contributed by atoms with E-state index in [0.29, 0.717) is 6.04 Å². The first-order valence-electron chi connectivity index (χ1n) is 8.20. The highest BCUT2D eigenvalue weighted by atomic mass is 15.2. The predicted octanol–water partition coefficient (Wildman–Crippen LogP) is 3.48. The number of fused-ring (bicyclic) bond motifs is 1. The number of aromatic nitrogens is 1. The van der Waals surface area contributed by atoms with E-state index >= 15 is 0 Å². The second-order valence-corrected chi connectivity index (χ2v) is 6.50. The average Bonchev–Trinajstić information content (AvgIpc) is 3.24. The van der Waals surface area contributed by atoms with Gasteiger partial charge >= 0.3 is 0 Å². The lowest BCUT2D eigenvalue weighted by atomic mass is 10.1. The van der Waals surface area contributed by atoms with Gasteiger partial charge in [-0.2, -0.15) is 0 Å². The van der Waals surface area contributed by atoms with Crippen LogP contribution in [0.4, 0.5) is 5.82 Å². The zero-order valence-corrected chi connectivity index (χ0v) is 12.7. The molecule has 1 unspecified atom stereocenters. The summed E-state index contributed by atoms with van der Waals surface area (Å²) in [5.74, 6) is 1.16. The van der Waals surface area contributed by atoms with E-state index in [9.17, 15) is 0 Å². The first-order chi connectivity index (χ1) is 10.3. The van der Waals surface area contributed by atoms with Crippen molar-refractivity contribution < 1.29 is 0 Å². The Bertz CT molecular complexity index is 648. The second-order valence-electron chi connectivity index (χ2n) is 6.50. The van der Waals surface area contributed by atoms with E-state index in [1.54, 1.807) is 0 Å². The summed E-state index contributed by atoms with van der Waals surface area (Å²) in [6.45, 7) is 4.41. The Balaban J connectivity index is 1.73. The third-order valence-corrected chi connectivity index (χ3v) is 4.79. The molecular formula is C18H23N3. The van der Waals surface area contributed by atoms with Crippen LogP contribution in [-0.4, -0.2) is 23.6 Å². The molecule has 0 bridgehead atoms. The van der Waals surface area contributed by atoms with Crippen molar-refractivity contribution in [3.8, 4) is 0 Å². The normalized spacial score (nSPS) is 22.1. The van der Waals surface area contributed by atoms with Crippen LogP contribution in [-0.2, 0) is 6.54 Å². The van der Waals surface area contributed by atoms with E-state index < -0.39 is 0 Å². The molecule has 1 saturated heterocycles. The summed E-state index contributed by atoms with van der Waals surface area (Å²) in [6, 6.07) is 12.2. The van der Waals surface area contributed by atoms with Crippen molar-refractivity contribution in [3.63, 3.8) is 0 Å². The monoisotopic (exact) mass is 281 g/mol. The minimum absolute atomic E-state index is 0.614. The largest absolute Gasteiger partial charge is 0.354 e. The first kappa shape index (κ1) is 13.1. The van der Waals surface area contributed by atoms with E-state index in [1.165, 1.54) is 36.6 Å². The molecule has 21 heavy (non-hydrogen) atoms. The molecule has 1 aromatic heterocycles. The van der Waals surface area contributed by atoms with Crippen LogP contribution in [0.2, 0.25) is 0 Å². The summed E-state index contributed by atoms with van der Waals surface area (Å²) < 4.78 is 0. The third-order valence-electron chi connectivity index (χ3n) is 4.79. The fourth-order valence-electron chi connectivity index (χ4n) is 3.34. The molecule has 1 atom stereocenters. The lowest BCUT2D eigenvalue weighted by Gasteiger charge is -2.24. The van der Waals surface area contributed by atoms with Gasteiger partial charge in [-0.3, -0.25) is 0 Å². The Morgan fingerprint density at radius 2 is 2.10 bits per heavy atom. The van der Waals surface area contributed by atoms with Crippen molar-refractivity contribution in [1.82, 2.24) is 10.3 Å². The van der Waals surface area contributed by atoms with Crippen LogP contribution in [0.1, 0.15) is 38.2 Å². The Kier molecular flexibility index (Phi) is 3.30. The number of benzene rings is 1. The molecule has 1 N–H and O–H groups in total. The molecule has 3 heteroatoms. The van der Waals surface area contributed by atoms with Crippen molar-refractivity contribution in [1.29, 1.82) is 0 Å². The molecule has 0 amide bonds. The van der Waals surface area contributed by atoms with Crippen molar-refractivity contribution >= 4 is 16.7 Å². The summed E-state index contributed by atoms with van der Waals surface area (Å²) in [4.78, 5) is 7.37. The number of anilines is 1. The summed E-state index contributed by atoms with van der Waals surface area (Å²) in [5.41, 5.74) is 2.52. The van der Waals surface area contributed by atoms with Gasteiger partial charge in [-0.25, -0.2) is 4.98 Å². The zero-order valence-electron chi connectivity index (χ0n) is 12.7. The quantitative estimate of drug-likeness (QED) is 0.930. The van der Waals surface area contributed by atoms with Crippen LogP contribution in [0.15, 0.2) is 30.3 Å². The van der Waals surface area contributed by atoms with Crippen LogP contribution in [0.3, 0.4) is 0 Å². The molecule has 1 saturated carbocycles. The van der Waals surface area contributed by atoms with E-state index in [-0.39, 0.29) is 0 Å². The fourth-order valence-corrected chi connectivity index (χ4v) is 3.34. The van der Waals surface area contributed by atoms with Gasteiger partial charge in [0.05, 0.1) is 5.52 Å². The highest BCUT2D eigenvalue weighted by Crippen LogP contribution is 2.29. The Labute approximate surface area is 126 Å². The molecule has 0 spiro atoms. The van der Waals surface area contributed by atoms with Crippen molar-refractivity contribution in [3.05, 3.63) is 35.9 Å². The summed E-state index contributed by atoms with van der Waals surface area (Å²) in [7, 11) is 0. The van der Waals surface area contributed by atoms with Crippen molar-refractivity contribution in [2.45, 2.75) is 51.2 Å². The standard InChI is InChI=1S/C18H23N3/c1-13-5-4-10-21(13)18-11-14(12-19-15-8-9-15)16-6-2-3-7-17(16)20-18/h2-3,6-7,11,13,15,19H,4-5,8-10,12H2,1H3. The molecule has 1 aliphatic carbocycles. The van der Waals surface area contributed by atoms with Gasteiger partial charge in [-0.1, -0.05) is 18.2 Å². The summed E-state index contributed by atoms with van der Waals surface area (Å²) >= 11 is 0. The maximum absolute atomic E-state index is 4.91. The van der Waals surface area contributed by atoms with Crippen LogP contribution in [0.25, 0.3) is 10.9 Å². The van der Waals surface area contributed by atoms with E-state index in [0.717, 1.165) is 30.5 Å². The van der Waals surface area contributed by atoms with E-state index in [4.69, 9.17) is 4.98 Å². The van der Waals surface area contributed by atoms with Crippen molar-refractivity contribution in [2.75, 3.05) is 11.4 Å². The van der Waals surface area contributed by atoms with Gasteiger partial charge in [0.2, 0.25) is 0 Å². The predicted molar refractivity (Wildman–Crippen MR) is 87.6 cm³/mol. The van der Waals surface area contributed by atoms with Crippen LogP contribution < -0.4 is 10.2 Å². The second kappa shape index (κ2) is 5.30. The van der Waals surface area contributed by atoms with Crippen LogP contribution in [0, 0.1) is 0 Å². The topological polar surface area (TPSA) is 28.2 Å². The molecule has 2 heterocycles. The molecule has 1 aliphatic heterocycles. The lowest BCUT2D eigenvalue weighted by Crippen LogP contribution is -2.27. The number of nitrogens with one attached hydrogen (secondary N) is 1. The van der Waals surface area contributed by atoms with E-state index in [1.807, 2.05) is 0 Å². The molecule has 2 fully saturated rings. The fraction of sp³-hybridized carbons (Fsp3) is 0.500. The minimum atomic E-state index is 0.614. The number of hydrogen-bond donors (Lipinski definition) is 1. The minimum Gasteiger partial charge on any atom is -0.354 e. The van der Waals surface area contributed by atoms with Gasteiger partial charge < -0.3 is 10.2 Å². The van der Waals surface area contributed by atoms with Gasteiger partial charge in [-0.15, -0.1) is 0 Å². The lowest BCUT2D eigenvalue weighted by molar-refractivity contribution is 0.688. The highest BCUT2D eigenvalue weighted by Gasteiger charge is 2.23. The average molecular weight is 281 g/mol. The molecule has 1 aromatic carbocycles. The zero-order chi connectivity index (χ0) is 14.2. The van der Waals surface area contributed by atoms with Gasteiger partial charge in [0, 0.05) is 30.6 Å². The number of hydrogen-bond acceptors (Lipinski definition) is 3. The van der Waals surface area contributed by atoms with Gasteiger partial charge in [0.1, 0.15) is 5.82 Å². The maximum atomic E-state index is 4.91. The van der Waals surface area contributed by atoms with Gasteiger partial charge in [0.25, 0.3) is 0 Å². The van der Waals surface area contributed by atoms with Crippen LogP contribution >= 0.6 is 0 Å². The third kappa shape index (κ3) is 2.62. The summed E-state index contributed by atoms with van der Waals surface area (Å²) in [6.07, 6.45) is 5.23. The van der Waals surface area contributed by atoms with Crippen LogP contribution in [0.5, 0.6) is 0 Å². The molecule has 0 radical (unpaired) electrons. The maximum Gasteiger partial charge on any atom is 0.129 e. The Morgan fingerprint density at radius 1 is 1.24 bits per heavy atom. The van der Waals surface area contributed by atoms with Gasteiger partial charge in [-0.05, 0) is 50.3 Å². The Morgan fingerprint density at radius 3 is 2.86 bits per heavy atom. The van der Waals surface area contributed by atoms with Gasteiger partial charge in [0.15, 0.2) is 0 Å². The number of nitrogens with zero attached hydrogens (tertiary/aromatic N) is 2. The SMILES string of the molecule is CC1CCCN1c1cc(CNC2CC2)c2ccccc2n1. The molecule has 2 aromatic rings. The molecule has 4 rings (SSSR count). The van der Waals surface area contributed by atoms with E-state index in [2.05, 4.69) is 47.5 Å². The molecule has 3 nitrogen and oxygen atoms in total. The first-order valence-corrected chi connectivity index (χ1v) is 8.20. The summed E-state index contributed by atoms with van der Waals surface area (Å²) in [5, 5.41) is 4.94. The number of para-hydroxylation sites is 1. The molecule has 2 aliphatic rings. The number of rotatable bonds is 4.